The second-order valence-corrected chi connectivity index (χ2v) is 9.12. The SMILES string of the molecule is C=CCNC(=O)Nc1ccc(NC(=O)C2CCN(S(=O)(=O)c3ccccc3)CC2)cc1. The Morgan fingerprint density at radius 2 is 1.55 bits per heavy atom. The van der Waals surface area contributed by atoms with Crippen LogP contribution in [-0.4, -0.2) is 44.3 Å². The molecule has 1 fully saturated rings. The van der Waals surface area contributed by atoms with Crippen molar-refractivity contribution in [1.29, 1.82) is 0 Å². The molecule has 1 heterocycles. The van der Waals surface area contributed by atoms with E-state index in [1.165, 1.54) is 4.31 Å². The third-order valence-corrected chi connectivity index (χ3v) is 6.94. The van der Waals surface area contributed by atoms with Crippen molar-refractivity contribution in [3.05, 3.63) is 67.3 Å². The van der Waals surface area contributed by atoms with Crippen molar-refractivity contribution < 1.29 is 18.0 Å². The maximum Gasteiger partial charge on any atom is 0.319 e. The number of benzene rings is 2. The van der Waals surface area contributed by atoms with Crippen molar-refractivity contribution in [2.24, 2.45) is 5.92 Å². The van der Waals surface area contributed by atoms with E-state index < -0.39 is 10.0 Å². The summed E-state index contributed by atoms with van der Waals surface area (Å²) in [6, 6.07) is 14.8. The van der Waals surface area contributed by atoms with E-state index in [-0.39, 0.29) is 22.8 Å². The van der Waals surface area contributed by atoms with E-state index in [2.05, 4.69) is 22.5 Å². The first-order valence-corrected chi connectivity index (χ1v) is 11.5. The summed E-state index contributed by atoms with van der Waals surface area (Å²) >= 11 is 0. The second-order valence-electron chi connectivity index (χ2n) is 7.18. The van der Waals surface area contributed by atoms with Crippen LogP contribution in [0.4, 0.5) is 16.2 Å². The first-order valence-electron chi connectivity index (χ1n) is 10.0. The molecule has 0 unspecified atom stereocenters. The van der Waals surface area contributed by atoms with Crippen molar-refractivity contribution in [2.75, 3.05) is 30.3 Å². The Hall–Kier alpha value is -3.17. The van der Waals surface area contributed by atoms with Gasteiger partial charge in [0.05, 0.1) is 4.90 Å². The zero-order valence-corrected chi connectivity index (χ0v) is 17.9. The van der Waals surface area contributed by atoms with Crippen LogP contribution in [-0.2, 0) is 14.8 Å². The number of urea groups is 1. The first-order chi connectivity index (χ1) is 14.9. The third-order valence-electron chi connectivity index (χ3n) is 5.02. The van der Waals surface area contributed by atoms with E-state index in [4.69, 9.17) is 0 Å². The Labute approximate surface area is 182 Å². The largest absolute Gasteiger partial charge is 0.334 e. The zero-order chi connectivity index (χ0) is 22.3. The fourth-order valence-corrected chi connectivity index (χ4v) is 4.81. The van der Waals surface area contributed by atoms with Crippen LogP contribution in [0.2, 0.25) is 0 Å². The summed E-state index contributed by atoms with van der Waals surface area (Å²) in [6.45, 7) is 4.51. The number of amides is 3. The monoisotopic (exact) mass is 442 g/mol. The highest BCUT2D eigenvalue weighted by Gasteiger charge is 2.32. The molecule has 3 N–H and O–H groups in total. The molecule has 1 aliphatic heterocycles. The molecule has 2 aromatic carbocycles. The molecule has 8 nitrogen and oxygen atoms in total. The average molecular weight is 443 g/mol. The summed E-state index contributed by atoms with van der Waals surface area (Å²) in [5.74, 6) is -0.397. The lowest BCUT2D eigenvalue weighted by Crippen LogP contribution is -2.41. The Kier molecular flexibility index (Phi) is 7.43. The van der Waals surface area contributed by atoms with Crippen LogP contribution >= 0.6 is 0 Å². The lowest BCUT2D eigenvalue weighted by molar-refractivity contribution is -0.120. The number of nitrogens with zero attached hydrogens (tertiary/aromatic N) is 1. The van der Waals surface area contributed by atoms with E-state index in [0.717, 1.165) is 0 Å². The van der Waals surface area contributed by atoms with Crippen molar-refractivity contribution in [2.45, 2.75) is 17.7 Å². The normalized spacial score (nSPS) is 15.1. The van der Waals surface area contributed by atoms with Crippen LogP contribution in [0.3, 0.4) is 0 Å². The van der Waals surface area contributed by atoms with Gasteiger partial charge in [0, 0.05) is 36.9 Å². The molecule has 2 aromatic rings. The van der Waals surface area contributed by atoms with Crippen molar-refractivity contribution in [3.63, 3.8) is 0 Å². The number of nitrogens with one attached hydrogen (secondary N) is 3. The maximum atomic E-state index is 12.7. The molecule has 0 atom stereocenters. The molecule has 31 heavy (non-hydrogen) atoms. The molecule has 164 valence electrons. The number of piperidine rings is 1. The molecular weight excluding hydrogens is 416 g/mol. The van der Waals surface area contributed by atoms with Crippen LogP contribution in [0.15, 0.2) is 72.1 Å². The topological polar surface area (TPSA) is 108 Å². The van der Waals surface area contributed by atoms with Gasteiger partial charge in [-0.15, -0.1) is 6.58 Å². The third kappa shape index (κ3) is 5.93. The number of hydrogen-bond donors (Lipinski definition) is 3. The van der Waals surface area contributed by atoms with Gasteiger partial charge in [-0.25, -0.2) is 13.2 Å². The van der Waals surface area contributed by atoms with Gasteiger partial charge in [-0.2, -0.15) is 4.31 Å². The number of carbonyl (C=O) groups excluding carboxylic acids is 2. The van der Waals surface area contributed by atoms with Crippen LogP contribution in [0.5, 0.6) is 0 Å². The molecule has 0 spiro atoms. The van der Waals surface area contributed by atoms with Gasteiger partial charge in [0.2, 0.25) is 15.9 Å². The minimum absolute atomic E-state index is 0.138. The van der Waals surface area contributed by atoms with E-state index in [0.29, 0.717) is 43.9 Å². The number of hydrogen-bond acceptors (Lipinski definition) is 4. The first kappa shape index (κ1) is 22.5. The summed E-state index contributed by atoms with van der Waals surface area (Å²) in [5.41, 5.74) is 1.21. The Morgan fingerprint density at radius 3 is 2.13 bits per heavy atom. The van der Waals surface area contributed by atoms with Gasteiger partial charge in [0.1, 0.15) is 0 Å². The molecular formula is C22H26N4O4S. The smallest absolute Gasteiger partial charge is 0.319 e. The summed E-state index contributed by atoms with van der Waals surface area (Å²) < 4.78 is 26.8. The van der Waals surface area contributed by atoms with E-state index >= 15 is 0 Å². The predicted octanol–water partition coefficient (Wildman–Crippen LogP) is 3.03. The Balaban J connectivity index is 1.51. The number of sulfonamides is 1. The highest BCUT2D eigenvalue weighted by molar-refractivity contribution is 7.89. The summed E-state index contributed by atoms with van der Waals surface area (Å²) in [5, 5.41) is 8.15. The zero-order valence-electron chi connectivity index (χ0n) is 17.1. The maximum absolute atomic E-state index is 12.7. The molecule has 1 saturated heterocycles. The Bertz CT molecular complexity index is 1020. The van der Waals surface area contributed by atoms with Crippen LogP contribution < -0.4 is 16.0 Å². The summed E-state index contributed by atoms with van der Waals surface area (Å²) in [4.78, 5) is 24.5. The van der Waals surface area contributed by atoms with Crippen LogP contribution in [0, 0.1) is 5.92 Å². The van der Waals surface area contributed by atoms with Gasteiger partial charge in [0.25, 0.3) is 0 Å². The highest BCUT2D eigenvalue weighted by atomic mass is 32.2. The minimum atomic E-state index is -3.53. The minimum Gasteiger partial charge on any atom is -0.334 e. The molecule has 0 aromatic heterocycles. The van der Waals surface area contributed by atoms with E-state index in [1.54, 1.807) is 60.7 Å². The standard InChI is InChI=1S/C22H26N4O4S/c1-2-14-23-22(28)25-19-10-8-18(9-11-19)24-21(27)17-12-15-26(16-13-17)31(29,30)20-6-4-3-5-7-20/h2-11,17H,1,12-16H2,(H,24,27)(H2,23,25,28). The van der Waals surface area contributed by atoms with E-state index in [1.807, 2.05) is 0 Å². The van der Waals surface area contributed by atoms with Crippen molar-refractivity contribution in [1.82, 2.24) is 9.62 Å². The van der Waals surface area contributed by atoms with Crippen LogP contribution in [0.25, 0.3) is 0 Å². The molecule has 0 aliphatic carbocycles. The molecule has 1 aliphatic rings. The predicted molar refractivity (Wildman–Crippen MR) is 120 cm³/mol. The Morgan fingerprint density at radius 1 is 0.968 bits per heavy atom. The van der Waals surface area contributed by atoms with E-state index in [9.17, 15) is 18.0 Å². The van der Waals surface area contributed by atoms with Crippen molar-refractivity contribution in [3.8, 4) is 0 Å². The fraction of sp³-hybridized carbons (Fsp3) is 0.273. The van der Waals surface area contributed by atoms with Gasteiger partial charge in [-0.1, -0.05) is 24.3 Å². The number of carbonyl (C=O) groups is 2. The van der Waals surface area contributed by atoms with Crippen LogP contribution in [0.1, 0.15) is 12.8 Å². The molecule has 0 radical (unpaired) electrons. The highest BCUT2D eigenvalue weighted by Crippen LogP contribution is 2.25. The van der Waals surface area contributed by atoms with Gasteiger partial charge < -0.3 is 16.0 Å². The molecule has 3 amide bonds. The fourth-order valence-electron chi connectivity index (χ4n) is 3.32. The second kappa shape index (κ2) is 10.2. The molecule has 3 rings (SSSR count). The lowest BCUT2D eigenvalue weighted by atomic mass is 9.97. The number of anilines is 2. The summed E-state index contributed by atoms with van der Waals surface area (Å²) in [7, 11) is -3.53. The lowest BCUT2D eigenvalue weighted by Gasteiger charge is -2.30. The molecule has 0 saturated carbocycles. The van der Waals surface area contributed by atoms with Gasteiger partial charge in [0.15, 0.2) is 0 Å². The molecule has 0 bridgehead atoms. The van der Waals surface area contributed by atoms with Gasteiger partial charge >= 0.3 is 6.03 Å². The van der Waals surface area contributed by atoms with Gasteiger partial charge in [-0.3, -0.25) is 4.79 Å². The summed E-state index contributed by atoms with van der Waals surface area (Å²) in [6.07, 6.45) is 2.50. The van der Waals surface area contributed by atoms with Gasteiger partial charge in [-0.05, 0) is 49.2 Å². The quantitative estimate of drug-likeness (QED) is 0.573. The van der Waals surface area contributed by atoms with Crippen molar-refractivity contribution >= 4 is 33.3 Å². The average Bonchev–Trinajstić information content (AvgIpc) is 2.79. The molecule has 9 heteroatoms. The number of rotatable bonds is 7.